The molecule has 0 heterocycles. The molecule has 12 heavy (non-hydrogen) atoms. The molecule has 70 valence electrons. The van der Waals surface area contributed by atoms with Gasteiger partial charge in [0.05, 0.1) is 7.11 Å². The fraction of sp³-hybridized carbons (Fsp3) is 0.667. The van der Waals surface area contributed by atoms with Gasteiger partial charge in [-0.1, -0.05) is 0 Å². The molecule has 0 aromatic rings. The van der Waals surface area contributed by atoms with Gasteiger partial charge in [0.15, 0.2) is 5.90 Å². The molecule has 0 N–H and O–H groups in total. The molecule has 0 unspecified atom stereocenters. The first-order chi connectivity index (χ1) is 5.41. The summed E-state index contributed by atoms with van der Waals surface area (Å²) in [6.07, 6.45) is -4.52. The summed E-state index contributed by atoms with van der Waals surface area (Å²) in [5, 5.41) is 0. The lowest BCUT2D eigenvalue weighted by Gasteiger charge is -2.05. The van der Waals surface area contributed by atoms with Gasteiger partial charge in [-0.05, 0) is 0 Å². The lowest BCUT2D eigenvalue weighted by molar-refractivity contribution is -0.0598. The number of halogens is 3. The molecule has 0 bridgehead atoms. The van der Waals surface area contributed by atoms with Crippen LogP contribution in [-0.4, -0.2) is 32.1 Å². The Balaban J connectivity index is 4.63. The lowest BCUT2D eigenvalue weighted by Crippen LogP contribution is -2.22. The molecule has 6 heteroatoms. The minimum Gasteiger partial charge on any atom is -0.484 e. The lowest BCUT2D eigenvalue weighted by atomic mass is 10.5. The second kappa shape index (κ2) is 4.08. The third-order valence-electron chi connectivity index (χ3n) is 1.02. The van der Waals surface area contributed by atoms with Crippen LogP contribution in [-0.2, 0) is 4.74 Å². The van der Waals surface area contributed by atoms with E-state index >= 15 is 0 Å². The Kier molecular flexibility index (Phi) is 3.72. The van der Waals surface area contributed by atoms with E-state index in [0.717, 1.165) is 7.05 Å². The molecule has 3 nitrogen and oxygen atoms in total. The molecule has 0 rings (SSSR count). The molecule has 0 aromatic carbocycles. The summed E-state index contributed by atoms with van der Waals surface area (Å²) < 4.78 is 40.2. The van der Waals surface area contributed by atoms with Crippen LogP contribution in [0.3, 0.4) is 0 Å². The molecule has 0 aliphatic rings. The fourth-order valence-corrected chi connectivity index (χ4v) is 0.435. The van der Waals surface area contributed by atoms with Crippen LogP contribution < -0.4 is 0 Å². The van der Waals surface area contributed by atoms with Crippen LogP contribution in [0.15, 0.2) is 9.98 Å². The maximum absolute atomic E-state index is 11.9. The van der Waals surface area contributed by atoms with Gasteiger partial charge in [-0.15, -0.1) is 0 Å². The maximum Gasteiger partial charge on any atom is 0.451 e. The second-order valence-corrected chi connectivity index (χ2v) is 1.88. The van der Waals surface area contributed by atoms with Gasteiger partial charge < -0.3 is 4.74 Å². The number of nitrogens with zero attached hydrogens (tertiary/aromatic N) is 2. The molecule has 0 saturated heterocycles. The number of aliphatic imine (C=N–C) groups is 2. The number of rotatable bonds is 0. The molecule has 0 aliphatic carbocycles. The van der Waals surface area contributed by atoms with Crippen molar-refractivity contribution in [2.45, 2.75) is 13.1 Å². The van der Waals surface area contributed by atoms with Crippen molar-refractivity contribution in [1.29, 1.82) is 0 Å². The number of methoxy groups -OCH3 is 1. The van der Waals surface area contributed by atoms with Gasteiger partial charge in [0, 0.05) is 14.0 Å². The molecule has 0 aromatic heterocycles. The van der Waals surface area contributed by atoms with Crippen molar-refractivity contribution in [1.82, 2.24) is 0 Å². The van der Waals surface area contributed by atoms with E-state index in [0.29, 0.717) is 0 Å². The van der Waals surface area contributed by atoms with Crippen molar-refractivity contribution in [3.05, 3.63) is 0 Å². The maximum atomic E-state index is 11.9. The van der Waals surface area contributed by atoms with Crippen molar-refractivity contribution in [2.75, 3.05) is 14.2 Å². The first-order valence-corrected chi connectivity index (χ1v) is 3.05. The second-order valence-electron chi connectivity index (χ2n) is 1.88. The van der Waals surface area contributed by atoms with Crippen LogP contribution in [0.25, 0.3) is 0 Å². The van der Waals surface area contributed by atoms with Gasteiger partial charge in [-0.2, -0.15) is 18.2 Å². The first kappa shape index (κ1) is 10.9. The van der Waals surface area contributed by atoms with Gasteiger partial charge in [0.2, 0.25) is 5.84 Å². The Hall–Kier alpha value is -1.07. The van der Waals surface area contributed by atoms with E-state index < -0.39 is 12.0 Å². The van der Waals surface area contributed by atoms with Gasteiger partial charge in [-0.3, -0.25) is 4.99 Å². The highest BCUT2D eigenvalue weighted by Crippen LogP contribution is 2.17. The molecule has 0 aliphatic heterocycles. The van der Waals surface area contributed by atoms with Crippen molar-refractivity contribution in [3.8, 4) is 0 Å². The minimum absolute atomic E-state index is 0.0760. The van der Waals surface area contributed by atoms with Crippen LogP contribution in [0.4, 0.5) is 13.2 Å². The van der Waals surface area contributed by atoms with E-state index in [1.165, 1.54) is 14.0 Å². The zero-order chi connectivity index (χ0) is 9.78. The minimum atomic E-state index is -4.52. The van der Waals surface area contributed by atoms with E-state index in [1.807, 2.05) is 0 Å². The Morgan fingerprint density at radius 3 is 2.08 bits per heavy atom. The Morgan fingerprint density at radius 2 is 1.83 bits per heavy atom. The van der Waals surface area contributed by atoms with Crippen molar-refractivity contribution in [3.63, 3.8) is 0 Å². The van der Waals surface area contributed by atoms with Crippen LogP contribution in [0.5, 0.6) is 0 Å². The quantitative estimate of drug-likeness (QED) is 0.414. The number of ether oxygens (including phenoxy) is 1. The normalized spacial score (nSPS) is 14.8. The zero-order valence-corrected chi connectivity index (χ0v) is 6.94. The van der Waals surface area contributed by atoms with Gasteiger partial charge in [-0.25, -0.2) is 0 Å². The average Bonchev–Trinajstić information content (AvgIpc) is 1.97. The van der Waals surface area contributed by atoms with Crippen LogP contribution >= 0.6 is 0 Å². The first-order valence-electron chi connectivity index (χ1n) is 3.05. The Morgan fingerprint density at radius 1 is 1.33 bits per heavy atom. The van der Waals surface area contributed by atoms with Gasteiger partial charge in [0.1, 0.15) is 0 Å². The van der Waals surface area contributed by atoms with Gasteiger partial charge >= 0.3 is 6.18 Å². The third kappa shape index (κ3) is 3.36. The van der Waals surface area contributed by atoms with E-state index in [1.54, 1.807) is 0 Å². The number of alkyl halides is 3. The highest BCUT2D eigenvalue weighted by Gasteiger charge is 2.35. The molecule has 0 saturated carbocycles. The summed E-state index contributed by atoms with van der Waals surface area (Å²) in [5.74, 6) is -1.27. The van der Waals surface area contributed by atoms with Crippen LogP contribution in [0.1, 0.15) is 6.92 Å². The monoisotopic (exact) mass is 182 g/mol. The zero-order valence-electron chi connectivity index (χ0n) is 6.94. The third-order valence-corrected chi connectivity index (χ3v) is 1.02. The Labute approximate surface area is 68.0 Å². The van der Waals surface area contributed by atoms with Crippen molar-refractivity contribution < 1.29 is 17.9 Å². The highest BCUT2D eigenvalue weighted by atomic mass is 19.4. The van der Waals surface area contributed by atoms with E-state index in [4.69, 9.17) is 0 Å². The molecule has 0 radical (unpaired) electrons. The Bertz CT molecular complexity index is 207. The topological polar surface area (TPSA) is 34.0 Å². The fourth-order valence-electron chi connectivity index (χ4n) is 0.435. The number of hydrogen-bond acceptors (Lipinski definition) is 2. The predicted octanol–water partition coefficient (Wildman–Crippen LogP) is 1.64. The van der Waals surface area contributed by atoms with Crippen LogP contribution in [0.2, 0.25) is 0 Å². The predicted molar refractivity (Wildman–Crippen MR) is 39.5 cm³/mol. The molecular formula is C6H9F3N2O. The highest BCUT2D eigenvalue weighted by molar-refractivity contribution is 5.96. The molecular weight excluding hydrogens is 173 g/mol. The summed E-state index contributed by atoms with van der Waals surface area (Å²) >= 11 is 0. The summed E-state index contributed by atoms with van der Waals surface area (Å²) in [7, 11) is 2.26. The van der Waals surface area contributed by atoms with Crippen molar-refractivity contribution in [2.24, 2.45) is 9.98 Å². The van der Waals surface area contributed by atoms with Crippen LogP contribution in [0, 0.1) is 0 Å². The summed E-state index contributed by atoms with van der Waals surface area (Å²) in [5.41, 5.74) is 0. The van der Waals surface area contributed by atoms with Crippen molar-refractivity contribution >= 4 is 11.7 Å². The van der Waals surface area contributed by atoms with E-state index in [9.17, 15) is 13.2 Å². The standard InChI is InChI=1S/C6H9F3N2O/c1-4(12-3)11-5(10-2)6(7,8)9/h1-3H3. The summed E-state index contributed by atoms with van der Waals surface area (Å²) in [6.45, 7) is 1.32. The molecule has 0 amide bonds. The smallest absolute Gasteiger partial charge is 0.451 e. The summed E-state index contributed by atoms with van der Waals surface area (Å²) in [6, 6.07) is 0. The van der Waals surface area contributed by atoms with Gasteiger partial charge in [0.25, 0.3) is 0 Å². The SMILES string of the molecule is CN=C(N=C(C)OC)C(F)(F)F. The average molecular weight is 182 g/mol. The molecule has 0 fully saturated rings. The largest absolute Gasteiger partial charge is 0.484 e. The molecule has 0 atom stereocenters. The summed E-state index contributed by atoms with van der Waals surface area (Å²) in [4.78, 5) is 6.08. The van der Waals surface area contributed by atoms with E-state index in [-0.39, 0.29) is 5.90 Å². The molecule has 0 spiro atoms. The number of amidine groups is 1. The van der Waals surface area contributed by atoms with E-state index in [2.05, 4.69) is 14.7 Å². The number of hydrogen-bond donors (Lipinski definition) is 0.